The minimum Gasteiger partial charge on any atom is -0.496 e. The smallest absolute Gasteiger partial charge is 0.280 e. The van der Waals surface area contributed by atoms with Gasteiger partial charge < -0.3 is 4.74 Å². The van der Waals surface area contributed by atoms with E-state index in [-0.39, 0.29) is 27.4 Å². The number of methoxy groups -OCH3 is 1. The van der Waals surface area contributed by atoms with Crippen LogP contribution in [0.5, 0.6) is 5.75 Å². The molecule has 0 aliphatic carbocycles. The number of hydrogen-bond donors (Lipinski definition) is 0. The molecule has 2 aromatic heterocycles. The fraction of sp³-hybridized carbons (Fsp3) is 0.238. The van der Waals surface area contributed by atoms with Crippen LogP contribution in [-0.2, 0) is 12.8 Å². The molecule has 0 bridgehead atoms. The average Bonchev–Trinajstić information content (AvgIpc) is 3.08. The Bertz CT molecular complexity index is 1130. The molecule has 0 spiro atoms. The molecule has 0 amide bonds. The van der Waals surface area contributed by atoms with E-state index in [1.54, 1.807) is 45.5 Å². The highest BCUT2D eigenvalue weighted by Gasteiger charge is 2.14. The molecule has 0 atom stereocenters. The zero-order chi connectivity index (χ0) is 22.5. The number of allylic oxidation sites excluding steroid dienone is 1. The maximum absolute atomic E-state index is 13.0. The molecule has 6 nitrogen and oxygen atoms in total. The summed E-state index contributed by atoms with van der Waals surface area (Å²) in [5, 5.41) is 4.60. The van der Waals surface area contributed by atoms with Gasteiger partial charge in [-0.3, -0.25) is 9.48 Å². The van der Waals surface area contributed by atoms with E-state index in [0.29, 0.717) is 17.2 Å². The van der Waals surface area contributed by atoms with E-state index in [1.807, 2.05) is 6.07 Å². The van der Waals surface area contributed by atoms with Crippen molar-refractivity contribution in [1.29, 1.82) is 0 Å². The standard InChI is InChI=1S/C21H19ClF2N4O2S/c1-12-8-16(20(23)24)26-21(25-12)31-11-14-9-13(5-7-18(14)30-3)4-6-17(29)19-15(22)10-28(2)27-19/h4-10,20H,11H2,1-3H3/b6-4+. The average molecular weight is 465 g/mol. The summed E-state index contributed by atoms with van der Waals surface area (Å²) in [7, 11) is 3.23. The van der Waals surface area contributed by atoms with E-state index in [1.165, 1.54) is 28.6 Å². The van der Waals surface area contributed by atoms with E-state index in [2.05, 4.69) is 15.1 Å². The van der Waals surface area contributed by atoms with Gasteiger partial charge in [0.1, 0.15) is 11.4 Å². The van der Waals surface area contributed by atoms with Crippen molar-refractivity contribution in [2.75, 3.05) is 7.11 Å². The van der Waals surface area contributed by atoms with Crippen molar-refractivity contribution >= 4 is 35.2 Å². The minimum atomic E-state index is -2.66. The first kappa shape index (κ1) is 22.9. The maximum atomic E-state index is 13.0. The first-order valence-electron chi connectivity index (χ1n) is 9.12. The van der Waals surface area contributed by atoms with Gasteiger partial charge in [-0.25, -0.2) is 18.7 Å². The lowest BCUT2D eigenvalue weighted by Gasteiger charge is -2.10. The highest BCUT2D eigenvalue weighted by Crippen LogP contribution is 2.29. The highest BCUT2D eigenvalue weighted by molar-refractivity contribution is 7.98. The van der Waals surface area contributed by atoms with Crippen LogP contribution in [0.25, 0.3) is 6.08 Å². The first-order chi connectivity index (χ1) is 14.8. The lowest BCUT2D eigenvalue weighted by molar-refractivity contribution is 0.104. The maximum Gasteiger partial charge on any atom is 0.280 e. The number of thioether (sulfide) groups is 1. The van der Waals surface area contributed by atoms with E-state index in [0.717, 1.165) is 11.1 Å². The van der Waals surface area contributed by atoms with Crippen LogP contribution in [0, 0.1) is 6.92 Å². The normalized spacial score (nSPS) is 11.5. The summed E-state index contributed by atoms with van der Waals surface area (Å²) in [6.45, 7) is 1.65. The number of nitrogens with zero attached hydrogens (tertiary/aromatic N) is 4. The van der Waals surface area contributed by atoms with Crippen molar-refractivity contribution in [3.05, 3.63) is 69.8 Å². The molecule has 0 unspecified atom stereocenters. The number of carbonyl (C=O) groups excluding carboxylic acids is 1. The second-order valence-electron chi connectivity index (χ2n) is 6.57. The number of ether oxygens (including phenoxy) is 1. The fourth-order valence-corrected chi connectivity index (χ4v) is 3.94. The fourth-order valence-electron chi connectivity index (χ4n) is 2.78. The predicted molar refractivity (Wildman–Crippen MR) is 116 cm³/mol. The van der Waals surface area contributed by atoms with Crippen LogP contribution in [0.15, 0.2) is 41.7 Å². The Morgan fingerprint density at radius 2 is 2.10 bits per heavy atom. The minimum absolute atomic E-state index is 0.177. The van der Waals surface area contributed by atoms with E-state index in [4.69, 9.17) is 16.3 Å². The van der Waals surface area contributed by atoms with Gasteiger partial charge in [0.25, 0.3) is 6.43 Å². The molecule has 0 aliphatic rings. The Morgan fingerprint density at radius 1 is 1.32 bits per heavy atom. The summed E-state index contributed by atoms with van der Waals surface area (Å²) < 4.78 is 32.8. The van der Waals surface area contributed by atoms with Gasteiger partial charge in [-0.1, -0.05) is 35.5 Å². The molecule has 0 fully saturated rings. The molecule has 0 saturated carbocycles. The molecule has 0 saturated heterocycles. The van der Waals surface area contributed by atoms with Crippen LogP contribution in [0.3, 0.4) is 0 Å². The number of aromatic nitrogens is 4. The monoisotopic (exact) mass is 464 g/mol. The van der Waals surface area contributed by atoms with Gasteiger partial charge in [-0.2, -0.15) is 5.10 Å². The van der Waals surface area contributed by atoms with Crippen LogP contribution < -0.4 is 4.74 Å². The molecule has 0 radical (unpaired) electrons. The van der Waals surface area contributed by atoms with E-state index >= 15 is 0 Å². The summed E-state index contributed by atoms with van der Waals surface area (Å²) in [6, 6.07) is 6.69. The SMILES string of the molecule is COc1ccc(/C=C/C(=O)c2nn(C)cc2Cl)cc1CSc1nc(C)cc(C(F)F)n1. The lowest BCUT2D eigenvalue weighted by atomic mass is 10.1. The number of benzene rings is 1. The van der Waals surface area contributed by atoms with Crippen LogP contribution in [-0.4, -0.2) is 32.6 Å². The third kappa shape index (κ3) is 5.89. The van der Waals surface area contributed by atoms with Crippen LogP contribution in [0.1, 0.15) is 39.4 Å². The number of aryl methyl sites for hydroxylation is 2. The highest BCUT2D eigenvalue weighted by atomic mass is 35.5. The van der Waals surface area contributed by atoms with Crippen molar-refractivity contribution in [3.8, 4) is 5.75 Å². The second-order valence-corrected chi connectivity index (χ2v) is 7.92. The van der Waals surface area contributed by atoms with Crippen LogP contribution >= 0.6 is 23.4 Å². The van der Waals surface area contributed by atoms with E-state index < -0.39 is 6.43 Å². The van der Waals surface area contributed by atoms with Crippen molar-refractivity contribution in [2.24, 2.45) is 7.05 Å². The lowest BCUT2D eigenvalue weighted by Crippen LogP contribution is -1.99. The Morgan fingerprint density at radius 3 is 2.74 bits per heavy atom. The van der Waals surface area contributed by atoms with Crippen molar-refractivity contribution in [2.45, 2.75) is 24.3 Å². The third-order valence-electron chi connectivity index (χ3n) is 4.18. The van der Waals surface area contributed by atoms with Gasteiger partial charge in [0.05, 0.1) is 12.1 Å². The number of halogens is 3. The molecule has 0 aliphatic heterocycles. The molecule has 1 aromatic carbocycles. The number of rotatable bonds is 8. The van der Waals surface area contributed by atoms with Gasteiger partial charge in [0, 0.05) is 30.3 Å². The molecular weight excluding hydrogens is 446 g/mol. The first-order valence-corrected chi connectivity index (χ1v) is 10.5. The van der Waals surface area contributed by atoms with Gasteiger partial charge in [-0.15, -0.1) is 0 Å². The number of alkyl halides is 2. The molecule has 0 N–H and O–H groups in total. The number of hydrogen-bond acceptors (Lipinski definition) is 6. The second kappa shape index (κ2) is 10.0. The van der Waals surface area contributed by atoms with Crippen molar-refractivity contribution < 1.29 is 18.3 Å². The summed E-state index contributed by atoms with van der Waals surface area (Å²) in [5.41, 5.74) is 1.92. The number of ketones is 1. The topological polar surface area (TPSA) is 69.9 Å². The third-order valence-corrected chi connectivity index (χ3v) is 5.36. The number of carbonyl (C=O) groups is 1. The molecule has 3 aromatic rings. The summed E-state index contributed by atoms with van der Waals surface area (Å²) >= 11 is 7.24. The van der Waals surface area contributed by atoms with Crippen LogP contribution in [0.2, 0.25) is 5.02 Å². The van der Waals surface area contributed by atoms with Crippen molar-refractivity contribution in [3.63, 3.8) is 0 Å². The summed E-state index contributed by atoms with van der Waals surface area (Å²) in [5.74, 6) is 0.715. The molecule has 2 heterocycles. The zero-order valence-corrected chi connectivity index (χ0v) is 18.5. The summed E-state index contributed by atoms with van der Waals surface area (Å²) in [4.78, 5) is 20.5. The Labute approximate surface area is 187 Å². The summed E-state index contributed by atoms with van der Waals surface area (Å²) in [6.07, 6.45) is 1.94. The zero-order valence-electron chi connectivity index (χ0n) is 17.0. The Kier molecular flexibility index (Phi) is 7.40. The van der Waals surface area contributed by atoms with E-state index in [9.17, 15) is 13.6 Å². The largest absolute Gasteiger partial charge is 0.496 e. The quantitative estimate of drug-likeness (QED) is 0.195. The molecule has 3 rings (SSSR count). The van der Waals surface area contributed by atoms with Crippen LogP contribution in [0.4, 0.5) is 8.78 Å². The van der Waals surface area contributed by atoms with Gasteiger partial charge in [-0.05, 0) is 36.8 Å². The van der Waals surface area contributed by atoms with Gasteiger partial charge in [0.2, 0.25) is 5.78 Å². The Hall–Kier alpha value is -2.78. The molecule has 10 heteroatoms. The van der Waals surface area contributed by atoms with Crippen molar-refractivity contribution in [1.82, 2.24) is 19.7 Å². The predicted octanol–water partition coefficient (Wildman–Crippen LogP) is 5.31. The van der Waals surface area contributed by atoms with Gasteiger partial charge in [0.15, 0.2) is 10.9 Å². The molecule has 31 heavy (non-hydrogen) atoms. The molecular formula is C21H19ClF2N4O2S. The molecule has 162 valence electrons. The van der Waals surface area contributed by atoms with Gasteiger partial charge >= 0.3 is 0 Å². The Balaban J connectivity index is 1.78.